The van der Waals surface area contributed by atoms with Crippen LogP contribution < -0.4 is 10.6 Å². The Morgan fingerprint density at radius 2 is 1.88 bits per heavy atom. The van der Waals surface area contributed by atoms with Gasteiger partial charge in [0.1, 0.15) is 11.8 Å². The van der Waals surface area contributed by atoms with Crippen molar-refractivity contribution in [2.45, 2.75) is 64.5 Å². The molecule has 0 aliphatic heterocycles. The Morgan fingerprint density at radius 3 is 2.48 bits per heavy atom. The van der Waals surface area contributed by atoms with Gasteiger partial charge in [-0.25, -0.2) is 0 Å². The van der Waals surface area contributed by atoms with Crippen LogP contribution in [0.2, 0.25) is 0 Å². The summed E-state index contributed by atoms with van der Waals surface area (Å²) in [6.45, 7) is 7.65. The van der Waals surface area contributed by atoms with E-state index in [4.69, 9.17) is 4.52 Å². The molecule has 1 fully saturated rings. The van der Waals surface area contributed by atoms with Crippen LogP contribution in [0.1, 0.15) is 61.5 Å². The standard InChI is InChI=1S/C25H32N4O4/c1-4-15-29(23(31)14-13-22(30)27-21-16-18(3)33-28-21)24(19-11-9-17(2)10-12-19)25(32)26-20-7-5-6-8-20/h4,9-12,16,20,24H,1,5-8,13-15H2,2-3H3,(H,26,32)(H,27,28,30)/t24-/m0/s1. The Balaban J connectivity index is 1.74. The highest BCUT2D eigenvalue weighted by Crippen LogP contribution is 2.25. The Morgan fingerprint density at radius 1 is 1.18 bits per heavy atom. The van der Waals surface area contributed by atoms with Gasteiger partial charge in [-0.2, -0.15) is 0 Å². The van der Waals surface area contributed by atoms with Crippen LogP contribution in [-0.2, 0) is 14.4 Å². The predicted molar refractivity (Wildman–Crippen MR) is 125 cm³/mol. The summed E-state index contributed by atoms with van der Waals surface area (Å²) < 4.78 is 4.94. The van der Waals surface area contributed by atoms with E-state index in [9.17, 15) is 14.4 Å². The van der Waals surface area contributed by atoms with Gasteiger partial charge in [-0.15, -0.1) is 6.58 Å². The number of hydrogen-bond acceptors (Lipinski definition) is 5. The zero-order valence-electron chi connectivity index (χ0n) is 19.3. The molecule has 1 saturated carbocycles. The molecule has 2 N–H and O–H groups in total. The molecule has 8 nitrogen and oxygen atoms in total. The summed E-state index contributed by atoms with van der Waals surface area (Å²) in [5.74, 6) is 0.0311. The van der Waals surface area contributed by atoms with Crippen LogP contribution in [0.25, 0.3) is 0 Å². The van der Waals surface area contributed by atoms with Gasteiger partial charge in [0.15, 0.2) is 5.82 Å². The van der Waals surface area contributed by atoms with Crippen molar-refractivity contribution in [1.82, 2.24) is 15.4 Å². The molecule has 0 saturated heterocycles. The number of carbonyl (C=O) groups is 3. The summed E-state index contributed by atoms with van der Waals surface area (Å²) in [6, 6.07) is 8.53. The quantitative estimate of drug-likeness (QED) is 0.533. The van der Waals surface area contributed by atoms with E-state index in [2.05, 4.69) is 22.4 Å². The number of nitrogens with one attached hydrogen (secondary N) is 2. The second-order valence-electron chi connectivity index (χ2n) is 8.51. The first-order valence-electron chi connectivity index (χ1n) is 11.4. The molecule has 176 valence electrons. The molecule has 1 aliphatic carbocycles. The van der Waals surface area contributed by atoms with Gasteiger partial charge in [-0.3, -0.25) is 14.4 Å². The van der Waals surface area contributed by atoms with Gasteiger partial charge in [0.25, 0.3) is 0 Å². The van der Waals surface area contributed by atoms with E-state index < -0.39 is 6.04 Å². The van der Waals surface area contributed by atoms with E-state index >= 15 is 0 Å². The molecule has 1 aliphatic rings. The summed E-state index contributed by atoms with van der Waals surface area (Å²) in [6.07, 6.45) is 5.59. The third-order valence-corrected chi connectivity index (χ3v) is 5.76. The first-order valence-corrected chi connectivity index (χ1v) is 11.4. The highest BCUT2D eigenvalue weighted by atomic mass is 16.5. The Labute approximate surface area is 194 Å². The molecular weight excluding hydrogens is 420 g/mol. The third-order valence-electron chi connectivity index (χ3n) is 5.76. The highest BCUT2D eigenvalue weighted by Gasteiger charge is 2.32. The van der Waals surface area contributed by atoms with E-state index in [-0.39, 0.29) is 43.1 Å². The number of amides is 3. The fourth-order valence-corrected chi connectivity index (χ4v) is 4.06. The van der Waals surface area contributed by atoms with Crippen LogP contribution in [0.4, 0.5) is 5.82 Å². The largest absolute Gasteiger partial charge is 0.360 e. The van der Waals surface area contributed by atoms with Gasteiger partial charge in [-0.05, 0) is 32.3 Å². The molecule has 0 spiro atoms. The Hall–Kier alpha value is -3.42. The van der Waals surface area contributed by atoms with E-state index in [1.54, 1.807) is 19.1 Å². The first kappa shape index (κ1) is 24.2. The molecule has 1 aromatic heterocycles. The maximum absolute atomic E-state index is 13.3. The van der Waals surface area contributed by atoms with Crippen molar-refractivity contribution >= 4 is 23.5 Å². The van der Waals surface area contributed by atoms with Gasteiger partial charge < -0.3 is 20.1 Å². The minimum atomic E-state index is -0.794. The molecule has 0 radical (unpaired) electrons. The smallest absolute Gasteiger partial charge is 0.247 e. The molecule has 2 aromatic rings. The summed E-state index contributed by atoms with van der Waals surface area (Å²) in [4.78, 5) is 40.3. The monoisotopic (exact) mass is 452 g/mol. The van der Waals surface area contributed by atoms with Crippen LogP contribution in [0.5, 0.6) is 0 Å². The molecule has 3 rings (SSSR count). The average Bonchev–Trinajstić information content (AvgIpc) is 3.44. The minimum Gasteiger partial charge on any atom is -0.360 e. The molecule has 1 heterocycles. The molecular formula is C25H32N4O4. The van der Waals surface area contributed by atoms with Crippen molar-refractivity contribution in [3.63, 3.8) is 0 Å². The molecule has 0 bridgehead atoms. The third kappa shape index (κ3) is 6.78. The molecule has 1 atom stereocenters. The zero-order chi connectivity index (χ0) is 23.8. The van der Waals surface area contributed by atoms with Crippen LogP contribution in [-0.4, -0.2) is 40.4 Å². The van der Waals surface area contributed by atoms with Gasteiger partial charge >= 0.3 is 0 Å². The van der Waals surface area contributed by atoms with E-state index in [0.717, 1.165) is 36.8 Å². The second-order valence-corrected chi connectivity index (χ2v) is 8.51. The summed E-state index contributed by atoms with van der Waals surface area (Å²) in [7, 11) is 0. The number of carbonyl (C=O) groups excluding carboxylic acids is 3. The molecule has 3 amide bonds. The number of rotatable bonds is 10. The topological polar surface area (TPSA) is 105 Å². The van der Waals surface area contributed by atoms with Crippen LogP contribution in [0.15, 0.2) is 47.5 Å². The van der Waals surface area contributed by atoms with Crippen LogP contribution >= 0.6 is 0 Å². The van der Waals surface area contributed by atoms with Crippen molar-refractivity contribution in [1.29, 1.82) is 0 Å². The lowest BCUT2D eigenvalue weighted by Crippen LogP contribution is -2.46. The second kappa shape index (κ2) is 11.4. The summed E-state index contributed by atoms with van der Waals surface area (Å²) in [5, 5.41) is 9.46. The van der Waals surface area contributed by atoms with Gasteiger partial charge in [-0.1, -0.05) is 53.9 Å². The van der Waals surface area contributed by atoms with Crippen molar-refractivity contribution in [2.75, 3.05) is 11.9 Å². The molecule has 33 heavy (non-hydrogen) atoms. The lowest BCUT2D eigenvalue weighted by atomic mass is 10.0. The van der Waals surface area contributed by atoms with Crippen LogP contribution in [0, 0.1) is 13.8 Å². The number of benzene rings is 1. The Kier molecular flexibility index (Phi) is 8.40. The maximum Gasteiger partial charge on any atom is 0.247 e. The molecule has 0 unspecified atom stereocenters. The fourth-order valence-electron chi connectivity index (χ4n) is 4.06. The maximum atomic E-state index is 13.3. The number of nitrogens with zero attached hydrogens (tertiary/aromatic N) is 2. The van der Waals surface area contributed by atoms with Gasteiger partial charge in [0.05, 0.1) is 0 Å². The Bertz CT molecular complexity index is 977. The van der Waals surface area contributed by atoms with E-state index in [1.807, 2.05) is 31.2 Å². The molecule has 1 aromatic carbocycles. The van der Waals surface area contributed by atoms with Crippen molar-refractivity contribution in [2.24, 2.45) is 0 Å². The lowest BCUT2D eigenvalue weighted by molar-refractivity contribution is -0.141. The number of aryl methyl sites for hydroxylation is 2. The predicted octanol–water partition coefficient (Wildman–Crippen LogP) is 3.82. The minimum absolute atomic E-state index is 0.0384. The fraction of sp³-hybridized carbons (Fsp3) is 0.440. The summed E-state index contributed by atoms with van der Waals surface area (Å²) >= 11 is 0. The zero-order valence-corrected chi connectivity index (χ0v) is 19.3. The van der Waals surface area contributed by atoms with Gasteiger partial charge in [0.2, 0.25) is 17.7 Å². The van der Waals surface area contributed by atoms with Crippen molar-refractivity contribution in [3.05, 3.63) is 59.9 Å². The van der Waals surface area contributed by atoms with E-state index in [1.165, 1.54) is 4.90 Å². The number of hydrogen-bond donors (Lipinski definition) is 2. The highest BCUT2D eigenvalue weighted by molar-refractivity contribution is 5.94. The number of aromatic nitrogens is 1. The van der Waals surface area contributed by atoms with Crippen molar-refractivity contribution < 1.29 is 18.9 Å². The number of anilines is 1. The van der Waals surface area contributed by atoms with Crippen LogP contribution in [0.3, 0.4) is 0 Å². The normalized spacial score (nSPS) is 14.5. The molecule has 8 heteroatoms. The van der Waals surface area contributed by atoms with Crippen molar-refractivity contribution in [3.8, 4) is 0 Å². The van der Waals surface area contributed by atoms with Gasteiger partial charge in [0, 0.05) is 31.5 Å². The average molecular weight is 453 g/mol. The SMILES string of the molecule is C=CCN(C(=O)CCC(=O)Nc1cc(C)on1)[C@H](C(=O)NC1CCCC1)c1ccc(C)cc1. The lowest BCUT2D eigenvalue weighted by Gasteiger charge is -2.31. The first-order chi connectivity index (χ1) is 15.9. The van der Waals surface area contributed by atoms with E-state index in [0.29, 0.717) is 11.6 Å². The summed E-state index contributed by atoms with van der Waals surface area (Å²) in [5.41, 5.74) is 1.80.